The summed E-state index contributed by atoms with van der Waals surface area (Å²) in [5, 5.41) is 8.26. The maximum Gasteiger partial charge on any atom is 0.161 e. The second-order valence-electron chi connectivity index (χ2n) is 6.00. The third-order valence-electron chi connectivity index (χ3n) is 3.91. The van der Waals surface area contributed by atoms with Crippen molar-refractivity contribution >= 4 is 0 Å². The number of ether oxygens (including phenoxy) is 1. The number of hydrogen-bond acceptors (Lipinski definition) is 3. The maximum atomic E-state index is 5.57. The lowest BCUT2D eigenvalue weighted by atomic mass is 9.84. The quantitative estimate of drug-likeness (QED) is 0.859. The molecular formula is C15H27N3O. The largest absolute Gasteiger partial charge is 0.493 e. The summed E-state index contributed by atoms with van der Waals surface area (Å²) in [5.41, 5.74) is 1.30. The Hall–Kier alpha value is -1.03. The monoisotopic (exact) mass is 265 g/mol. The Morgan fingerprint density at radius 1 is 1.53 bits per heavy atom. The van der Waals surface area contributed by atoms with E-state index in [1.807, 2.05) is 6.20 Å². The average Bonchev–Trinajstić information content (AvgIpc) is 2.96. The number of aryl methyl sites for hydroxylation is 1. The first-order valence-electron chi connectivity index (χ1n) is 7.48. The highest BCUT2D eigenvalue weighted by molar-refractivity contribution is 5.33. The van der Waals surface area contributed by atoms with Crippen LogP contribution >= 0.6 is 0 Å². The molecule has 0 amide bonds. The van der Waals surface area contributed by atoms with E-state index in [1.54, 1.807) is 7.11 Å². The standard InChI is InChI=1S/C15H27N3O/c1-5-9-18-14(13(19-4)11-17-18)15(10-12(2)3)7-6-8-16-15/h11-12,16H,5-10H2,1-4H3. The minimum atomic E-state index is 0.0468. The Kier molecular flexibility index (Phi) is 4.50. The van der Waals surface area contributed by atoms with Crippen LogP contribution in [-0.4, -0.2) is 23.4 Å². The lowest BCUT2D eigenvalue weighted by Gasteiger charge is -2.32. The summed E-state index contributed by atoms with van der Waals surface area (Å²) in [7, 11) is 1.74. The summed E-state index contributed by atoms with van der Waals surface area (Å²) in [6.45, 7) is 8.81. The van der Waals surface area contributed by atoms with Gasteiger partial charge in [-0.2, -0.15) is 5.10 Å². The van der Waals surface area contributed by atoms with E-state index in [2.05, 4.69) is 35.9 Å². The van der Waals surface area contributed by atoms with Gasteiger partial charge in [0, 0.05) is 6.54 Å². The summed E-state index contributed by atoms with van der Waals surface area (Å²) >= 11 is 0. The number of nitrogens with one attached hydrogen (secondary N) is 1. The SMILES string of the molecule is CCCn1ncc(OC)c1C1(CC(C)C)CCCN1. The van der Waals surface area contributed by atoms with Gasteiger partial charge in [-0.25, -0.2) is 0 Å². The number of nitrogens with zero attached hydrogens (tertiary/aromatic N) is 2. The lowest BCUT2D eigenvalue weighted by molar-refractivity contribution is 0.274. The normalized spacial score (nSPS) is 23.2. The smallest absolute Gasteiger partial charge is 0.161 e. The van der Waals surface area contributed by atoms with E-state index in [-0.39, 0.29) is 5.54 Å². The molecule has 1 saturated heterocycles. The first-order valence-corrected chi connectivity index (χ1v) is 7.48. The van der Waals surface area contributed by atoms with Crippen molar-refractivity contribution in [3.63, 3.8) is 0 Å². The topological polar surface area (TPSA) is 39.1 Å². The fraction of sp³-hybridized carbons (Fsp3) is 0.800. The van der Waals surface area contributed by atoms with Crippen LogP contribution in [0.25, 0.3) is 0 Å². The lowest BCUT2D eigenvalue weighted by Crippen LogP contribution is -2.40. The van der Waals surface area contributed by atoms with Gasteiger partial charge in [0.05, 0.1) is 18.8 Å². The Balaban J connectivity index is 2.42. The van der Waals surface area contributed by atoms with Crippen molar-refractivity contribution in [2.24, 2.45) is 5.92 Å². The van der Waals surface area contributed by atoms with E-state index in [0.717, 1.165) is 31.7 Å². The second-order valence-corrected chi connectivity index (χ2v) is 6.00. The number of hydrogen-bond donors (Lipinski definition) is 1. The van der Waals surface area contributed by atoms with Gasteiger partial charge in [-0.3, -0.25) is 4.68 Å². The molecule has 2 rings (SSSR count). The molecule has 1 unspecified atom stereocenters. The van der Waals surface area contributed by atoms with Crippen molar-refractivity contribution in [3.8, 4) is 5.75 Å². The molecule has 4 nitrogen and oxygen atoms in total. The molecule has 0 aliphatic carbocycles. The molecule has 0 aromatic carbocycles. The van der Waals surface area contributed by atoms with Crippen molar-refractivity contribution in [2.75, 3.05) is 13.7 Å². The molecular weight excluding hydrogens is 238 g/mol. The van der Waals surface area contributed by atoms with Gasteiger partial charge in [0.1, 0.15) is 5.69 Å². The molecule has 0 bridgehead atoms. The van der Waals surface area contributed by atoms with Crippen LogP contribution in [0.1, 0.15) is 52.1 Å². The molecule has 1 aliphatic rings. The molecule has 0 saturated carbocycles. The predicted molar refractivity (Wildman–Crippen MR) is 77.4 cm³/mol. The van der Waals surface area contributed by atoms with Crippen LogP contribution in [0, 0.1) is 5.92 Å². The fourth-order valence-electron chi connectivity index (χ4n) is 3.36. The zero-order chi connectivity index (χ0) is 13.9. The van der Waals surface area contributed by atoms with Crippen LogP contribution in [0.15, 0.2) is 6.20 Å². The highest BCUT2D eigenvalue weighted by Crippen LogP contribution is 2.41. The summed E-state index contributed by atoms with van der Waals surface area (Å²) in [6.07, 6.45) is 6.51. The number of methoxy groups -OCH3 is 1. The van der Waals surface area contributed by atoms with Gasteiger partial charge in [0.2, 0.25) is 0 Å². The third-order valence-corrected chi connectivity index (χ3v) is 3.91. The first kappa shape index (κ1) is 14.4. The van der Waals surface area contributed by atoms with Gasteiger partial charge in [-0.05, 0) is 38.1 Å². The van der Waals surface area contributed by atoms with E-state index in [9.17, 15) is 0 Å². The highest BCUT2D eigenvalue weighted by Gasteiger charge is 2.41. The summed E-state index contributed by atoms with van der Waals surface area (Å²) < 4.78 is 7.71. The molecule has 2 heterocycles. The van der Waals surface area contributed by atoms with Crippen molar-refractivity contribution in [1.29, 1.82) is 0 Å². The molecule has 1 N–H and O–H groups in total. The van der Waals surface area contributed by atoms with Crippen molar-refractivity contribution in [1.82, 2.24) is 15.1 Å². The molecule has 1 atom stereocenters. The van der Waals surface area contributed by atoms with E-state index >= 15 is 0 Å². The number of rotatable bonds is 6. The zero-order valence-electron chi connectivity index (χ0n) is 12.7. The van der Waals surface area contributed by atoms with Crippen LogP contribution < -0.4 is 10.1 Å². The van der Waals surface area contributed by atoms with Crippen molar-refractivity contribution in [3.05, 3.63) is 11.9 Å². The highest BCUT2D eigenvalue weighted by atomic mass is 16.5. The summed E-state index contributed by atoms with van der Waals surface area (Å²) in [4.78, 5) is 0. The van der Waals surface area contributed by atoms with Gasteiger partial charge in [0.15, 0.2) is 5.75 Å². The van der Waals surface area contributed by atoms with Crippen LogP contribution in [0.2, 0.25) is 0 Å². The van der Waals surface area contributed by atoms with Crippen LogP contribution in [0.5, 0.6) is 5.75 Å². The molecule has 19 heavy (non-hydrogen) atoms. The Morgan fingerprint density at radius 3 is 2.84 bits per heavy atom. The van der Waals surface area contributed by atoms with E-state index in [4.69, 9.17) is 4.74 Å². The van der Waals surface area contributed by atoms with E-state index in [0.29, 0.717) is 5.92 Å². The van der Waals surface area contributed by atoms with Crippen molar-refractivity contribution < 1.29 is 4.74 Å². The van der Waals surface area contributed by atoms with Gasteiger partial charge in [-0.1, -0.05) is 20.8 Å². The van der Waals surface area contributed by atoms with Gasteiger partial charge < -0.3 is 10.1 Å². The van der Waals surface area contributed by atoms with Gasteiger partial charge in [0.25, 0.3) is 0 Å². The minimum Gasteiger partial charge on any atom is -0.493 e. The maximum absolute atomic E-state index is 5.57. The Labute approximate surface area is 116 Å². The molecule has 1 fully saturated rings. The molecule has 1 aliphatic heterocycles. The van der Waals surface area contributed by atoms with Gasteiger partial charge >= 0.3 is 0 Å². The predicted octanol–water partition coefficient (Wildman–Crippen LogP) is 2.93. The fourth-order valence-corrected chi connectivity index (χ4v) is 3.36. The van der Waals surface area contributed by atoms with Gasteiger partial charge in [-0.15, -0.1) is 0 Å². The molecule has 108 valence electrons. The van der Waals surface area contributed by atoms with Crippen LogP contribution in [0.4, 0.5) is 0 Å². The first-order chi connectivity index (χ1) is 9.13. The Bertz CT molecular complexity index is 406. The summed E-state index contributed by atoms with van der Waals surface area (Å²) in [6, 6.07) is 0. The molecule has 0 spiro atoms. The second kappa shape index (κ2) is 5.95. The number of aromatic nitrogens is 2. The summed E-state index contributed by atoms with van der Waals surface area (Å²) in [5.74, 6) is 1.59. The van der Waals surface area contributed by atoms with Crippen molar-refractivity contribution in [2.45, 2.75) is 58.5 Å². The zero-order valence-corrected chi connectivity index (χ0v) is 12.7. The molecule has 1 aromatic heterocycles. The molecule has 0 radical (unpaired) electrons. The van der Waals surface area contributed by atoms with E-state index < -0.39 is 0 Å². The molecule has 4 heteroatoms. The minimum absolute atomic E-state index is 0.0468. The van der Waals surface area contributed by atoms with E-state index in [1.165, 1.54) is 18.5 Å². The average molecular weight is 265 g/mol. The van der Waals surface area contributed by atoms with Crippen LogP contribution in [-0.2, 0) is 12.1 Å². The Morgan fingerprint density at radius 2 is 2.32 bits per heavy atom. The third kappa shape index (κ3) is 2.78. The van der Waals surface area contributed by atoms with Crippen LogP contribution in [0.3, 0.4) is 0 Å². The molecule has 1 aromatic rings.